The van der Waals surface area contributed by atoms with Crippen LogP contribution in [0.3, 0.4) is 0 Å². The molecule has 0 aliphatic carbocycles. The van der Waals surface area contributed by atoms with Crippen molar-refractivity contribution in [1.82, 2.24) is 14.9 Å². The van der Waals surface area contributed by atoms with Gasteiger partial charge in [-0.15, -0.1) is 0 Å². The normalized spacial score (nSPS) is 12.2. The molecule has 1 aromatic carbocycles. The lowest BCUT2D eigenvalue weighted by Gasteiger charge is -2.26. The fraction of sp³-hybridized carbons (Fsp3) is 0.571. The zero-order valence-electron chi connectivity index (χ0n) is 16.8. The number of para-hydroxylation sites is 2. The van der Waals surface area contributed by atoms with E-state index < -0.39 is 11.9 Å². The molecule has 1 atom stereocenters. The van der Waals surface area contributed by atoms with Crippen molar-refractivity contribution >= 4 is 22.9 Å². The zero-order chi connectivity index (χ0) is 20.4. The first-order valence-electron chi connectivity index (χ1n) is 10.0. The van der Waals surface area contributed by atoms with Gasteiger partial charge in [0, 0.05) is 33.2 Å². The summed E-state index contributed by atoms with van der Waals surface area (Å²) >= 11 is 0. The van der Waals surface area contributed by atoms with Crippen LogP contribution in [-0.2, 0) is 14.3 Å². The van der Waals surface area contributed by atoms with Crippen LogP contribution in [0.5, 0.6) is 0 Å². The van der Waals surface area contributed by atoms with E-state index in [1.807, 2.05) is 29.2 Å². The molecule has 0 saturated heterocycles. The monoisotopic (exact) mass is 389 g/mol. The van der Waals surface area contributed by atoms with Crippen molar-refractivity contribution in [3.63, 3.8) is 0 Å². The summed E-state index contributed by atoms with van der Waals surface area (Å²) in [5.41, 5.74) is 1.63. The second kappa shape index (κ2) is 11.4. The van der Waals surface area contributed by atoms with Crippen LogP contribution in [-0.4, -0.2) is 58.7 Å². The number of nitrogens with one attached hydrogen (secondary N) is 1. The van der Waals surface area contributed by atoms with Gasteiger partial charge in [-0.2, -0.15) is 0 Å². The maximum Gasteiger partial charge on any atom is 0.303 e. The number of aromatic amines is 1. The van der Waals surface area contributed by atoms with Gasteiger partial charge >= 0.3 is 5.97 Å². The lowest BCUT2D eigenvalue weighted by Crippen LogP contribution is -2.37. The highest BCUT2D eigenvalue weighted by Crippen LogP contribution is 2.25. The molecule has 2 N–H and O–H groups in total. The number of amides is 1. The zero-order valence-corrected chi connectivity index (χ0v) is 16.8. The van der Waals surface area contributed by atoms with E-state index in [2.05, 4.69) is 16.9 Å². The molecule has 7 heteroatoms. The van der Waals surface area contributed by atoms with Crippen molar-refractivity contribution in [3.05, 3.63) is 30.1 Å². The van der Waals surface area contributed by atoms with Crippen LogP contribution in [0.2, 0.25) is 0 Å². The maximum atomic E-state index is 13.4. The number of ether oxygens (including phenoxy) is 1. The van der Waals surface area contributed by atoms with E-state index in [0.717, 1.165) is 36.7 Å². The smallest absolute Gasteiger partial charge is 0.303 e. The SMILES string of the molecule is CCCCCN(CCCOC)C(=O)C(CCC(=O)O)c1nc2ccccc2[nH]1. The van der Waals surface area contributed by atoms with E-state index >= 15 is 0 Å². The number of unbranched alkanes of at least 4 members (excludes halogenated alkanes) is 2. The lowest BCUT2D eigenvalue weighted by atomic mass is 10.00. The number of benzene rings is 1. The maximum absolute atomic E-state index is 13.4. The number of fused-ring (bicyclic) bond motifs is 1. The summed E-state index contributed by atoms with van der Waals surface area (Å²) in [4.78, 5) is 34.1. The summed E-state index contributed by atoms with van der Waals surface area (Å²) in [6, 6.07) is 7.58. The number of hydrogen-bond acceptors (Lipinski definition) is 4. The third kappa shape index (κ3) is 6.34. The fourth-order valence-corrected chi connectivity index (χ4v) is 3.29. The molecule has 1 aromatic heterocycles. The number of carbonyl (C=O) groups excluding carboxylic acids is 1. The summed E-state index contributed by atoms with van der Waals surface area (Å²) < 4.78 is 5.13. The highest BCUT2D eigenvalue weighted by Gasteiger charge is 2.28. The lowest BCUT2D eigenvalue weighted by molar-refractivity contribution is -0.137. The van der Waals surface area contributed by atoms with Gasteiger partial charge in [0.2, 0.25) is 5.91 Å². The molecule has 0 spiro atoms. The molecule has 0 fully saturated rings. The van der Waals surface area contributed by atoms with E-state index in [0.29, 0.717) is 25.5 Å². The van der Waals surface area contributed by atoms with Gasteiger partial charge in [0.15, 0.2) is 0 Å². The Labute approximate surface area is 166 Å². The molecule has 1 unspecified atom stereocenters. The number of carboxylic acids is 1. The van der Waals surface area contributed by atoms with Gasteiger partial charge in [0.05, 0.1) is 17.0 Å². The van der Waals surface area contributed by atoms with Crippen LogP contribution in [0.25, 0.3) is 11.0 Å². The predicted octanol–water partition coefficient (Wildman–Crippen LogP) is 3.57. The van der Waals surface area contributed by atoms with Gasteiger partial charge in [-0.1, -0.05) is 31.9 Å². The standard InChI is InChI=1S/C21H31N3O4/c1-3-4-7-13-24(14-8-15-28-2)21(27)16(11-12-19(25)26)20-22-17-9-5-6-10-18(17)23-20/h5-6,9-10,16H,3-4,7-8,11-15H2,1-2H3,(H,22,23)(H,25,26). The van der Waals surface area contributed by atoms with Gasteiger partial charge < -0.3 is 19.7 Å². The number of nitrogens with zero attached hydrogens (tertiary/aromatic N) is 2. The van der Waals surface area contributed by atoms with E-state index in [-0.39, 0.29) is 18.7 Å². The Morgan fingerprint density at radius 1 is 1.21 bits per heavy atom. The quantitative estimate of drug-likeness (QED) is 0.511. The molecule has 0 aliphatic heterocycles. The third-order valence-electron chi connectivity index (χ3n) is 4.80. The second-order valence-corrected chi connectivity index (χ2v) is 7.00. The second-order valence-electron chi connectivity index (χ2n) is 7.00. The van der Waals surface area contributed by atoms with Gasteiger partial charge in [0.1, 0.15) is 5.82 Å². The van der Waals surface area contributed by atoms with Crippen molar-refractivity contribution in [2.75, 3.05) is 26.8 Å². The number of aliphatic carboxylic acids is 1. The summed E-state index contributed by atoms with van der Waals surface area (Å²) in [7, 11) is 1.65. The Hall–Kier alpha value is -2.41. The number of rotatable bonds is 13. The predicted molar refractivity (Wildman–Crippen MR) is 108 cm³/mol. The van der Waals surface area contributed by atoms with Crippen LogP contribution in [0.1, 0.15) is 57.2 Å². The van der Waals surface area contributed by atoms with Crippen LogP contribution in [0, 0.1) is 0 Å². The average molecular weight is 389 g/mol. The van der Waals surface area contributed by atoms with E-state index in [1.54, 1.807) is 7.11 Å². The van der Waals surface area contributed by atoms with Crippen molar-refractivity contribution < 1.29 is 19.4 Å². The molecule has 0 aliphatic rings. The average Bonchev–Trinajstić information content (AvgIpc) is 3.10. The number of H-pyrrole nitrogens is 1. The Morgan fingerprint density at radius 3 is 2.64 bits per heavy atom. The first-order valence-corrected chi connectivity index (χ1v) is 10.0. The Bertz CT molecular complexity index is 716. The summed E-state index contributed by atoms with van der Waals surface area (Å²) in [6.07, 6.45) is 3.96. The Balaban J connectivity index is 2.23. The van der Waals surface area contributed by atoms with Crippen molar-refractivity contribution in [2.24, 2.45) is 0 Å². The minimum absolute atomic E-state index is 0.0625. The van der Waals surface area contributed by atoms with Crippen LogP contribution in [0.15, 0.2) is 24.3 Å². The number of methoxy groups -OCH3 is 1. The van der Waals surface area contributed by atoms with Gasteiger partial charge in [-0.3, -0.25) is 9.59 Å². The number of aromatic nitrogens is 2. The fourth-order valence-electron chi connectivity index (χ4n) is 3.29. The Morgan fingerprint density at radius 2 is 1.96 bits per heavy atom. The summed E-state index contributed by atoms with van der Waals surface area (Å²) in [5.74, 6) is -1.02. The molecular formula is C21H31N3O4. The molecular weight excluding hydrogens is 358 g/mol. The van der Waals surface area contributed by atoms with Crippen LogP contribution < -0.4 is 0 Å². The molecule has 2 rings (SSSR count). The van der Waals surface area contributed by atoms with E-state index in [1.165, 1.54) is 0 Å². The summed E-state index contributed by atoms with van der Waals surface area (Å²) in [6.45, 7) is 3.98. The number of hydrogen-bond donors (Lipinski definition) is 2. The molecule has 2 aromatic rings. The molecule has 1 amide bonds. The molecule has 154 valence electrons. The molecule has 0 saturated carbocycles. The first kappa shape index (κ1) is 21.9. The van der Waals surface area contributed by atoms with Gasteiger partial charge in [0.25, 0.3) is 0 Å². The molecule has 0 bridgehead atoms. The highest BCUT2D eigenvalue weighted by atomic mass is 16.5. The minimum atomic E-state index is -0.911. The van der Waals surface area contributed by atoms with Gasteiger partial charge in [-0.05, 0) is 31.4 Å². The molecule has 7 nitrogen and oxygen atoms in total. The van der Waals surface area contributed by atoms with Crippen LogP contribution >= 0.6 is 0 Å². The number of carbonyl (C=O) groups is 2. The largest absolute Gasteiger partial charge is 0.481 e. The molecule has 1 heterocycles. The first-order chi connectivity index (χ1) is 13.6. The van der Waals surface area contributed by atoms with Crippen LogP contribution in [0.4, 0.5) is 0 Å². The topological polar surface area (TPSA) is 95.5 Å². The number of imidazole rings is 1. The van der Waals surface area contributed by atoms with E-state index in [4.69, 9.17) is 9.84 Å². The highest BCUT2D eigenvalue weighted by molar-refractivity contribution is 5.85. The Kier molecular flexibility index (Phi) is 8.94. The summed E-state index contributed by atoms with van der Waals surface area (Å²) in [5, 5.41) is 9.14. The number of carboxylic acid groups (broad SMARTS) is 1. The third-order valence-corrected chi connectivity index (χ3v) is 4.80. The minimum Gasteiger partial charge on any atom is -0.481 e. The molecule has 0 radical (unpaired) electrons. The van der Waals surface area contributed by atoms with E-state index in [9.17, 15) is 9.59 Å². The van der Waals surface area contributed by atoms with Gasteiger partial charge in [-0.25, -0.2) is 4.98 Å². The van der Waals surface area contributed by atoms with Crippen molar-refractivity contribution in [1.29, 1.82) is 0 Å². The molecule has 28 heavy (non-hydrogen) atoms. The van der Waals surface area contributed by atoms with Crippen molar-refractivity contribution in [2.45, 2.75) is 51.4 Å². The van der Waals surface area contributed by atoms with Crippen molar-refractivity contribution in [3.8, 4) is 0 Å².